The number of anilines is 1. The summed E-state index contributed by atoms with van der Waals surface area (Å²) in [6, 6.07) is 8.00. The molecule has 3 unspecified atom stereocenters. The van der Waals surface area contributed by atoms with E-state index >= 15 is 0 Å². The molecule has 54 heavy (non-hydrogen) atoms. The molecule has 2 aliphatic rings. The van der Waals surface area contributed by atoms with Gasteiger partial charge in [-0.15, -0.1) is 16.9 Å². The minimum Gasteiger partial charge on any atom is -0.481 e. The molecule has 2 saturated heterocycles. The molecule has 5 rings (SSSR count). The maximum Gasteiger partial charge on any atom is 0.407 e. The minimum absolute atomic E-state index is 0.00522. The summed E-state index contributed by atoms with van der Waals surface area (Å²) < 4.78 is 16.0. The van der Waals surface area contributed by atoms with E-state index in [0.29, 0.717) is 24.7 Å². The van der Waals surface area contributed by atoms with Crippen molar-refractivity contribution in [1.82, 2.24) is 45.1 Å². The molecule has 0 radical (unpaired) electrons. The molecule has 23 heteroatoms. The van der Waals surface area contributed by atoms with Crippen LogP contribution in [-0.4, -0.2) is 123 Å². The second-order valence-corrected chi connectivity index (χ2v) is 16.0. The molecule has 0 spiro atoms. The Balaban J connectivity index is 1.16. The number of rotatable bonds is 16. The first-order chi connectivity index (χ1) is 25.7. The molecule has 0 aliphatic carbocycles. The smallest absolute Gasteiger partial charge is 0.407 e. The van der Waals surface area contributed by atoms with Crippen LogP contribution >= 0.6 is 35.1 Å². The van der Waals surface area contributed by atoms with Crippen molar-refractivity contribution in [3.8, 4) is 0 Å². The number of carbonyl (C=O) groups is 5. The van der Waals surface area contributed by atoms with Gasteiger partial charge in [-0.25, -0.2) is 14.3 Å². The van der Waals surface area contributed by atoms with Gasteiger partial charge in [0.2, 0.25) is 28.7 Å². The summed E-state index contributed by atoms with van der Waals surface area (Å²) in [5.74, 6) is -3.21. The van der Waals surface area contributed by atoms with Gasteiger partial charge >= 0.3 is 18.0 Å². The number of fused-ring (bicyclic) bond motifs is 1. The number of aryl methyl sites for hydroxylation is 1. The third-order valence-corrected chi connectivity index (χ3v) is 11.2. The van der Waals surface area contributed by atoms with Crippen LogP contribution in [0.4, 0.5) is 9.93 Å². The van der Waals surface area contributed by atoms with E-state index in [-0.39, 0.29) is 35.6 Å². The molecule has 4 heterocycles. The Kier molecular flexibility index (Phi) is 12.9. The van der Waals surface area contributed by atoms with E-state index < -0.39 is 64.1 Å². The Hall–Kier alpha value is -5.03. The van der Waals surface area contributed by atoms with Crippen molar-refractivity contribution < 1.29 is 43.4 Å². The number of nitrogens with one attached hydrogen (secondary N) is 2. The standard InChI is InChI=1S/C31H39N11O9S3/c1-17(25(45)49-13-18-9-6-5-7-10-18)51-37-19(21-35-27(32)54-38-21)22(43)34-20-23(44)41-14-31(26(46)47,15-52-24(20)41)16-53-28-36-39-40-42(28)12-8-11-33-29(48)50-30(2,3)4/h5-7,9-10,17,20,24H,8,11-16H2,1-4H3,(H,33,48)(H,34,43)(H,46,47)(H2,32,35,38)/t17?,20?,24-,31?/m1/s1. The molecule has 3 amide bonds. The number of tetrazole rings is 1. The second-order valence-electron chi connectivity index (χ2n) is 13.2. The quantitative estimate of drug-likeness (QED) is 0.0395. The van der Waals surface area contributed by atoms with Crippen LogP contribution in [0, 0.1) is 5.41 Å². The van der Waals surface area contributed by atoms with E-state index in [9.17, 15) is 29.1 Å². The van der Waals surface area contributed by atoms with E-state index in [1.807, 2.05) is 6.07 Å². The van der Waals surface area contributed by atoms with Crippen molar-refractivity contribution in [3.63, 3.8) is 0 Å². The minimum atomic E-state index is -1.35. The number of nitrogen functional groups attached to an aromatic ring is 1. The fourth-order valence-corrected chi connectivity index (χ4v) is 8.23. The van der Waals surface area contributed by atoms with Crippen LogP contribution in [0.25, 0.3) is 0 Å². The average molecular weight is 806 g/mol. The molecule has 1 aromatic carbocycles. The molecule has 20 nitrogen and oxygen atoms in total. The van der Waals surface area contributed by atoms with Gasteiger partial charge in [0, 0.05) is 42.7 Å². The highest BCUT2D eigenvalue weighted by atomic mass is 32.2. The van der Waals surface area contributed by atoms with Crippen molar-refractivity contribution in [2.45, 2.75) is 75.5 Å². The molecule has 2 aromatic heterocycles. The lowest BCUT2D eigenvalue weighted by molar-refractivity contribution is -0.157. The summed E-state index contributed by atoms with van der Waals surface area (Å²) in [5.41, 5.74) is 4.10. The number of aliphatic carboxylic acids is 1. The Morgan fingerprint density at radius 3 is 2.67 bits per heavy atom. The molecule has 2 fully saturated rings. The summed E-state index contributed by atoms with van der Waals surface area (Å²) >= 11 is 3.16. The summed E-state index contributed by atoms with van der Waals surface area (Å²) in [6.07, 6.45) is -1.27. The number of alkyl carbamates (subject to hydrolysis) is 1. The number of amides is 3. The number of carboxylic acids is 1. The van der Waals surface area contributed by atoms with E-state index in [0.717, 1.165) is 28.9 Å². The molecule has 2 aliphatic heterocycles. The van der Waals surface area contributed by atoms with Crippen LogP contribution in [-0.2, 0) is 46.6 Å². The molecular weight excluding hydrogens is 767 g/mol. The second kappa shape index (κ2) is 17.4. The lowest BCUT2D eigenvalue weighted by Crippen LogP contribution is -2.74. The molecule has 290 valence electrons. The number of oxime groups is 1. The van der Waals surface area contributed by atoms with E-state index in [1.165, 1.54) is 28.3 Å². The number of hydrogen-bond acceptors (Lipinski definition) is 18. The third kappa shape index (κ3) is 10.1. The van der Waals surface area contributed by atoms with Gasteiger partial charge in [-0.1, -0.05) is 47.2 Å². The molecule has 3 aromatic rings. The first-order valence-corrected chi connectivity index (χ1v) is 19.3. The van der Waals surface area contributed by atoms with Crippen molar-refractivity contribution in [1.29, 1.82) is 0 Å². The zero-order chi connectivity index (χ0) is 39.0. The van der Waals surface area contributed by atoms with Crippen LogP contribution in [0.3, 0.4) is 0 Å². The maximum atomic E-state index is 13.5. The number of carboxylic acid groups (broad SMARTS) is 1. The lowest BCUT2D eigenvalue weighted by atomic mass is 9.89. The van der Waals surface area contributed by atoms with Crippen LogP contribution in [0.15, 0.2) is 40.6 Å². The molecular formula is C31H39N11O9S3. The fraction of sp³-hybridized carbons (Fsp3) is 0.516. The molecule has 0 saturated carbocycles. The van der Waals surface area contributed by atoms with Crippen LogP contribution in [0.5, 0.6) is 0 Å². The lowest BCUT2D eigenvalue weighted by Gasteiger charge is -2.53. The average Bonchev–Trinajstić information content (AvgIpc) is 3.78. The monoisotopic (exact) mass is 805 g/mol. The Morgan fingerprint density at radius 1 is 1.22 bits per heavy atom. The Bertz CT molecular complexity index is 1870. The highest BCUT2D eigenvalue weighted by Gasteiger charge is 2.57. The van der Waals surface area contributed by atoms with Gasteiger partial charge in [0.05, 0.1) is 0 Å². The molecule has 5 N–H and O–H groups in total. The van der Waals surface area contributed by atoms with Crippen molar-refractivity contribution in [2.75, 3.05) is 30.3 Å². The highest BCUT2D eigenvalue weighted by molar-refractivity contribution is 8.00. The topological polar surface area (TPSA) is 268 Å². The summed E-state index contributed by atoms with van der Waals surface area (Å²) in [5, 5.41) is 31.0. The predicted molar refractivity (Wildman–Crippen MR) is 195 cm³/mol. The number of β-lactam (4-membered cyclic amide) rings is 1. The largest absolute Gasteiger partial charge is 0.481 e. The SMILES string of the molecule is CC(ON=C(C(=O)NC1C(=O)N2CC(CSc3nnnn3CCCNC(=O)OC(C)(C)C)(C(=O)O)CS[C@H]12)c1nsc(N)n1)C(=O)OCc1ccccc1. The number of nitrogens with zero attached hydrogens (tertiary/aromatic N) is 8. The Labute approximate surface area is 321 Å². The van der Waals surface area contributed by atoms with Crippen LogP contribution < -0.4 is 16.4 Å². The number of ether oxygens (including phenoxy) is 2. The number of thioether (sulfide) groups is 2. The number of carbonyl (C=O) groups excluding carboxylic acids is 4. The highest BCUT2D eigenvalue weighted by Crippen LogP contribution is 2.44. The molecule has 4 atom stereocenters. The third-order valence-electron chi connectivity index (χ3n) is 7.80. The first kappa shape index (κ1) is 40.2. The normalized spacial score (nSPS) is 20.3. The first-order valence-electron chi connectivity index (χ1n) is 16.5. The fourth-order valence-electron chi connectivity index (χ4n) is 5.03. The van der Waals surface area contributed by atoms with Crippen molar-refractivity contribution >= 4 is 75.7 Å². The van der Waals surface area contributed by atoms with Gasteiger partial charge in [0.25, 0.3) is 5.91 Å². The van der Waals surface area contributed by atoms with Crippen molar-refractivity contribution in [2.24, 2.45) is 10.6 Å². The summed E-state index contributed by atoms with van der Waals surface area (Å²) in [6.45, 7) is 7.24. The maximum absolute atomic E-state index is 13.5. The summed E-state index contributed by atoms with van der Waals surface area (Å²) in [4.78, 5) is 74.6. The number of esters is 1. The Morgan fingerprint density at radius 2 is 1.98 bits per heavy atom. The number of aromatic nitrogens is 6. The van der Waals surface area contributed by atoms with E-state index in [4.69, 9.17) is 20.0 Å². The van der Waals surface area contributed by atoms with Crippen molar-refractivity contribution in [3.05, 3.63) is 41.7 Å². The number of hydrogen-bond donors (Lipinski definition) is 4. The van der Waals surface area contributed by atoms with Crippen LogP contribution in [0.1, 0.15) is 45.5 Å². The zero-order valence-electron chi connectivity index (χ0n) is 29.7. The van der Waals surface area contributed by atoms with E-state index in [2.05, 4.69) is 40.7 Å². The number of benzene rings is 1. The van der Waals surface area contributed by atoms with Gasteiger partial charge < -0.3 is 40.7 Å². The van der Waals surface area contributed by atoms with Gasteiger partial charge in [-0.3, -0.25) is 14.4 Å². The number of nitrogens with two attached hydrogens (primary N) is 1. The predicted octanol–water partition coefficient (Wildman–Crippen LogP) is 1.14. The summed E-state index contributed by atoms with van der Waals surface area (Å²) in [7, 11) is 0. The molecule has 0 bridgehead atoms. The van der Waals surface area contributed by atoms with Gasteiger partial charge in [0.1, 0.15) is 29.0 Å². The van der Waals surface area contributed by atoms with E-state index in [1.54, 1.807) is 45.0 Å². The van der Waals surface area contributed by atoms with Gasteiger partial charge in [-0.2, -0.15) is 9.36 Å². The van der Waals surface area contributed by atoms with Gasteiger partial charge in [0.15, 0.2) is 5.13 Å². The van der Waals surface area contributed by atoms with Crippen LogP contribution in [0.2, 0.25) is 0 Å². The zero-order valence-corrected chi connectivity index (χ0v) is 32.1. The van der Waals surface area contributed by atoms with Gasteiger partial charge in [-0.05, 0) is 50.1 Å².